The lowest BCUT2D eigenvalue weighted by Gasteiger charge is -2.15. The topological polar surface area (TPSA) is 35.2 Å². The molecule has 0 bridgehead atoms. The van der Waals surface area contributed by atoms with Crippen LogP contribution in [0.5, 0.6) is 5.75 Å². The van der Waals surface area contributed by atoms with Gasteiger partial charge in [0, 0.05) is 10.5 Å². The van der Waals surface area contributed by atoms with Gasteiger partial charge in [-0.05, 0) is 49.1 Å². The monoisotopic (exact) mass is 333 g/mol. The first kappa shape index (κ1) is 15.1. The molecule has 3 heteroatoms. The lowest BCUT2D eigenvalue weighted by molar-refractivity contribution is 0.407. The zero-order chi connectivity index (χ0) is 14.5. The van der Waals surface area contributed by atoms with E-state index in [4.69, 9.17) is 10.5 Å². The lowest BCUT2D eigenvalue weighted by atomic mass is 9.98. The van der Waals surface area contributed by atoms with Crippen LogP contribution in [0, 0.1) is 6.92 Å². The molecular formula is C17H20BrNO. The summed E-state index contributed by atoms with van der Waals surface area (Å²) in [6, 6.07) is 14.6. The predicted molar refractivity (Wildman–Crippen MR) is 87.3 cm³/mol. The number of rotatable bonds is 5. The molecule has 20 heavy (non-hydrogen) atoms. The molecule has 0 spiro atoms. The molecule has 2 aromatic rings. The summed E-state index contributed by atoms with van der Waals surface area (Å²) in [5.74, 6) is 0.896. The van der Waals surface area contributed by atoms with Crippen LogP contribution in [-0.4, -0.2) is 13.2 Å². The normalized spacial score (nSPS) is 12.2. The molecule has 0 radical (unpaired) electrons. The number of nitrogens with two attached hydrogens (primary N) is 1. The second-order valence-electron chi connectivity index (χ2n) is 5.11. The fourth-order valence-corrected chi connectivity index (χ4v) is 2.81. The molecule has 0 saturated heterocycles. The number of aryl methyl sites for hydroxylation is 1. The zero-order valence-electron chi connectivity index (χ0n) is 11.9. The van der Waals surface area contributed by atoms with Crippen molar-refractivity contribution >= 4 is 15.9 Å². The molecule has 2 nitrogen and oxygen atoms in total. The van der Waals surface area contributed by atoms with Crippen LogP contribution in [0.2, 0.25) is 0 Å². The molecule has 0 aliphatic carbocycles. The SMILES string of the molecule is COc1ccc(Br)cc1CC(N)Cc1cccc(C)c1. The van der Waals surface area contributed by atoms with E-state index in [1.807, 2.05) is 12.1 Å². The van der Waals surface area contributed by atoms with Gasteiger partial charge in [-0.25, -0.2) is 0 Å². The summed E-state index contributed by atoms with van der Waals surface area (Å²) >= 11 is 3.50. The number of hydrogen-bond donors (Lipinski definition) is 1. The van der Waals surface area contributed by atoms with Crippen molar-refractivity contribution in [3.05, 3.63) is 63.6 Å². The third-order valence-corrected chi connectivity index (χ3v) is 3.80. The minimum atomic E-state index is 0.0833. The molecule has 0 saturated carbocycles. The van der Waals surface area contributed by atoms with Gasteiger partial charge >= 0.3 is 0 Å². The molecule has 0 aromatic heterocycles. The van der Waals surface area contributed by atoms with E-state index in [1.165, 1.54) is 11.1 Å². The summed E-state index contributed by atoms with van der Waals surface area (Å²) in [6.07, 6.45) is 1.67. The van der Waals surface area contributed by atoms with Gasteiger partial charge in [-0.15, -0.1) is 0 Å². The van der Waals surface area contributed by atoms with Gasteiger partial charge in [0.15, 0.2) is 0 Å². The average molecular weight is 334 g/mol. The lowest BCUT2D eigenvalue weighted by Crippen LogP contribution is -2.25. The van der Waals surface area contributed by atoms with Crippen LogP contribution < -0.4 is 10.5 Å². The molecular weight excluding hydrogens is 314 g/mol. The van der Waals surface area contributed by atoms with Crippen LogP contribution in [0.4, 0.5) is 0 Å². The third kappa shape index (κ3) is 4.09. The molecule has 0 aliphatic heterocycles. The van der Waals surface area contributed by atoms with E-state index >= 15 is 0 Å². The van der Waals surface area contributed by atoms with Crippen LogP contribution >= 0.6 is 15.9 Å². The van der Waals surface area contributed by atoms with Crippen molar-refractivity contribution in [3.63, 3.8) is 0 Å². The Labute approximate surface area is 129 Å². The molecule has 0 aliphatic rings. The third-order valence-electron chi connectivity index (χ3n) is 3.30. The summed E-state index contributed by atoms with van der Waals surface area (Å²) in [7, 11) is 1.69. The highest BCUT2D eigenvalue weighted by Crippen LogP contribution is 2.24. The number of methoxy groups -OCH3 is 1. The molecule has 1 atom stereocenters. The Morgan fingerprint density at radius 1 is 1.15 bits per heavy atom. The highest BCUT2D eigenvalue weighted by Gasteiger charge is 2.10. The fraction of sp³-hybridized carbons (Fsp3) is 0.294. The summed E-state index contributed by atoms with van der Waals surface area (Å²) in [4.78, 5) is 0. The first-order valence-corrected chi connectivity index (χ1v) is 7.51. The van der Waals surface area contributed by atoms with E-state index in [0.29, 0.717) is 0 Å². The van der Waals surface area contributed by atoms with Crippen molar-refractivity contribution in [2.45, 2.75) is 25.8 Å². The van der Waals surface area contributed by atoms with E-state index in [0.717, 1.165) is 28.6 Å². The largest absolute Gasteiger partial charge is 0.496 e. The molecule has 0 heterocycles. The van der Waals surface area contributed by atoms with Crippen LogP contribution in [0.15, 0.2) is 46.9 Å². The van der Waals surface area contributed by atoms with Gasteiger partial charge < -0.3 is 10.5 Å². The Balaban J connectivity index is 2.08. The molecule has 0 amide bonds. The first-order chi connectivity index (χ1) is 9.58. The Bertz CT molecular complexity index is 583. The molecule has 0 fully saturated rings. The van der Waals surface area contributed by atoms with Crippen LogP contribution in [0.1, 0.15) is 16.7 Å². The van der Waals surface area contributed by atoms with Crippen molar-refractivity contribution in [2.75, 3.05) is 7.11 Å². The Morgan fingerprint density at radius 2 is 1.95 bits per heavy atom. The second-order valence-corrected chi connectivity index (χ2v) is 6.03. The van der Waals surface area contributed by atoms with Crippen molar-refractivity contribution in [2.24, 2.45) is 5.73 Å². The van der Waals surface area contributed by atoms with E-state index in [1.54, 1.807) is 7.11 Å². The van der Waals surface area contributed by atoms with Crippen LogP contribution in [-0.2, 0) is 12.8 Å². The van der Waals surface area contributed by atoms with Crippen molar-refractivity contribution in [1.82, 2.24) is 0 Å². The molecule has 1 unspecified atom stereocenters. The standard InChI is InChI=1S/C17H20BrNO/c1-12-4-3-5-13(8-12)9-16(19)11-14-10-15(18)6-7-17(14)20-2/h3-8,10,16H,9,11,19H2,1-2H3. The smallest absolute Gasteiger partial charge is 0.122 e. The number of hydrogen-bond acceptors (Lipinski definition) is 2. The molecule has 2 N–H and O–H groups in total. The Morgan fingerprint density at radius 3 is 2.65 bits per heavy atom. The minimum absolute atomic E-state index is 0.0833. The maximum atomic E-state index is 6.29. The maximum absolute atomic E-state index is 6.29. The van der Waals surface area contributed by atoms with Crippen molar-refractivity contribution < 1.29 is 4.74 Å². The molecule has 106 valence electrons. The Hall–Kier alpha value is -1.32. The van der Waals surface area contributed by atoms with E-state index in [-0.39, 0.29) is 6.04 Å². The van der Waals surface area contributed by atoms with Crippen LogP contribution in [0.3, 0.4) is 0 Å². The first-order valence-electron chi connectivity index (χ1n) is 6.72. The maximum Gasteiger partial charge on any atom is 0.122 e. The number of benzene rings is 2. The van der Waals surface area contributed by atoms with E-state index in [2.05, 4.69) is 53.2 Å². The second kappa shape index (κ2) is 6.91. The number of halogens is 1. The van der Waals surface area contributed by atoms with E-state index in [9.17, 15) is 0 Å². The quantitative estimate of drug-likeness (QED) is 0.901. The average Bonchev–Trinajstić information content (AvgIpc) is 2.38. The van der Waals surface area contributed by atoms with Crippen molar-refractivity contribution in [1.29, 1.82) is 0 Å². The predicted octanol–water partition coefficient (Wildman–Crippen LogP) is 3.88. The van der Waals surface area contributed by atoms with Crippen LogP contribution in [0.25, 0.3) is 0 Å². The highest BCUT2D eigenvalue weighted by molar-refractivity contribution is 9.10. The van der Waals surface area contributed by atoms with Gasteiger partial charge in [-0.3, -0.25) is 0 Å². The summed E-state index contributed by atoms with van der Waals surface area (Å²) in [5, 5.41) is 0. The highest BCUT2D eigenvalue weighted by atomic mass is 79.9. The van der Waals surface area contributed by atoms with Crippen molar-refractivity contribution in [3.8, 4) is 5.75 Å². The number of ether oxygens (including phenoxy) is 1. The molecule has 2 rings (SSSR count). The van der Waals surface area contributed by atoms with Gasteiger partial charge in [-0.1, -0.05) is 45.8 Å². The summed E-state index contributed by atoms with van der Waals surface area (Å²) in [5.41, 5.74) is 9.99. The molecule has 2 aromatic carbocycles. The van der Waals surface area contributed by atoms with Gasteiger partial charge in [0.05, 0.1) is 7.11 Å². The zero-order valence-corrected chi connectivity index (χ0v) is 13.5. The van der Waals surface area contributed by atoms with Gasteiger partial charge in [0.2, 0.25) is 0 Å². The fourth-order valence-electron chi connectivity index (χ4n) is 2.40. The van der Waals surface area contributed by atoms with Gasteiger partial charge in [0.25, 0.3) is 0 Å². The summed E-state index contributed by atoms with van der Waals surface area (Å²) in [6.45, 7) is 2.10. The van der Waals surface area contributed by atoms with Gasteiger partial charge in [-0.2, -0.15) is 0 Å². The van der Waals surface area contributed by atoms with Gasteiger partial charge in [0.1, 0.15) is 5.75 Å². The Kier molecular flexibility index (Phi) is 5.21. The minimum Gasteiger partial charge on any atom is -0.496 e. The summed E-state index contributed by atoms with van der Waals surface area (Å²) < 4.78 is 6.45. The van der Waals surface area contributed by atoms with E-state index < -0.39 is 0 Å².